The van der Waals surface area contributed by atoms with Crippen LogP contribution in [0.25, 0.3) is 10.9 Å². The molecule has 0 radical (unpaired) electrons. The number of pyridine rings is 1. The summed E-state index contributed by atoms with van der Waals surface area (Å²) in [4.78, 5) is 29.4. The SMILES string of the molecule is COC(=O)c1ccc2[nH]c(=O)c(N3CCCc4ccccc43)cc2c1. The fraction of sp³-hybridized carbons (Fsp3) is 0.200. The maximum absolute atomic E-state index is 12.6. The lowest BCUT2D eigenvalue weighted by Crippen LogP contribution is -2.29. The molecule has 3 aromatic rings. The molecule has 1 aliphatic rings. The summed E-state index contributed by atoms with van der Waals surface area (Å²) in [7, 11) is 1.36. The summed E-state index contributed by atoms with van der Waals surface area (Å²) < 4.78 is 4.78. The lowest BCUT2D eigenvalue weighted by atomic mass is 10.0. The minimum atomic E-state index is -0.391. The number of carbonyl (C=O) groups excluding carboxylic acids is 1. The number of aromatic amines is 1. The van der Waals surface area contributed by atoms with Gasteiger partial charge in [-0.1, -0.05) is 18.2 Å². The molecule has 1 N–H and O–H groups in total. The Morgan fingerprint density at radius 1 is 1.12 bits per heavy atom. The Bertz CT molecular complexity index is 1020. The predicted molar refractivity (Wildman–Crippen MR) is 97.7 cm³/mol. The molecule has 0 saturated heterocycles. The number of aromatic nitrogens is 1. The van der Waals surface area contributed by atoms with Gasteiger partial charge >= 0.3 is 5.97 Å². The molecule has 1 aliphatic heterocycles. The molecular weight excluding hydrogens is 316 g/mol. The Kier molecular flexibility index (Phi) is 3.76. The van der Waals surface area contributed by atoms with Crippen molar-refractivity contribution in [3.8, 4) is 0 Å². The van der Waals surface area contributed by atoms with Gasteiger partial charge in [0.15, 0.2) is 0 Å². The first kappa shape index (κ1) is 15.4. The van der Waals surface area contributed by atoms with Gasteiger partial charge in [-0.3, -0.25) is 4.79 Å². The Balaban J connectivity index is 1.86. The van der Waals surface area contributed by atoms with Gasteiger partial charge in [0, 0.05) is 23.1 Å². The summed E-state index contributed by atoms with van der Waals surface area (Å²) in [5, 5.41) is 0.806. The van der Waals surface area contributed by atoms with Crippen molar-refractivity contribution in [1.29, 1.82) is 0 Å². The fourth-order valence-corrected chi connectivity index (χ4v) is 3.42. The average Bonchev–Trinajstić information content (AvgIpc) is 2.66. The molecule has 0 fully saturated rings. The summed E-state index contributed by atoms with van der Waals surface area (Å²) >= 11 is 0. The predicted octanol–water partition coefficient (Wildman–Crippen LogP) is 3.40. The van der Waals surface area contributed by atoms with Gasteiger partial charge in [0.2, 0.25) is 0 Å². The third kappa shape index (κ3) is 2.67. The van der Waals surface area contributed by atoms with Crippen LogP contribution in [0.5, 0.6) is 0 Å². The van der Waals surface area contributed by atoms with Crippen LogP contribution in [0.2, 0.25) is 0 Å². The topological polar surface area (TPSA) is 62.4 Å². The first-order valence-electron chi connectivity index (χ1n) is 8.28. The Labute approximate surface area is 144 Å². The van der Waals surface area contributed by atoms with Crippen LogP contribution in [0.15, 0.2) is 53.3 Å². The lowest BCUT2D eigenvalue weighted by Gasteiger charge is -2.30. The summed E-state index contributed by atoms with van der Waals surface area (Å²) in [5.41, 5.74) is 3.95. The second-order valence-corrected chi connectivity index (χ2v) is 6.16. The van der Waals surface area contributed by atoms with Crippen LogP contribution >= 0.6 is 0 Å². The monoisotopic (exact) mass is 334 g/mol. The smallest absolute Gasteiger partial charge is 0.337 e. The van der Waals surface area contributed by atoms with Crippen LogP contribution in [-0.2, 0) is 11.2 Å². The Morgan fingerprint density at radius 2 is 1.96 bits per heavy atom. The van der Waals surface area contributed by atoms with Crippen molar-refractivity contribution in [2.45, 2.75) is 12.8 Å². The zero-order valence-corrected chi connectivity index (χ0v) is 13.9. The van der Waals surface area contributed by atoms with E-state index in [1.807, 2.05) is 24.3 Å². The van der Waals surface area contributed by atoms with E-state index in [0.29, 0.717) is 16.8 Å². The van der Waals surface area contributed by atoms with Crippen LogP contribution in [0, 0.1) is 0 Å². The highest BCUT2D eigenvalue weighted by Crippen LogP contribution is 2.32. The molecule has 126 valence electrons. The van der Waals surface area contributed by atoms with Crippen LogP contribution in [0.1, 0.15) is 22.3 Å². The van der Waals surface area contributed by atoms with E-state index in [1.54, 1.807) is 18.2 Å². The Morgan fingerprint density at radius 3 is 2.80 bits per heavy atom. The van der Waals surface area contributed by atoms with Crippen LogP contribution < -0.4 is 10.5 Å². The van der Waals surface area contributed by atoms with Crippen LogP contribution in [0.3, 0.4) is 0 Å². The number of ether oxygens (including phenoxy) is 1. The normalized spacial score (nSPS) is 13.6. The van der Waals surface area contributed by atoms with Crippen molar-refractivity contribution in [1.82, 2.24) is 4.98 Å². The molecule has 5 nitrogen and oxygen atoms in total. The van der Waals surface area contributed by atoms with Gasteiger partial charge in [0.05, 0.1) is 12.7 Å². The number of esters is 1. The first-order valence-corrected chi connectivity index (χ1v) is 8.28. The summed E-state index contributed by atoms with van der Waals surface area (Å²) in [5.74, 6) is -0.391. The van der Waals surface area contributed by atoms with E-state index in [-0.39, 0.29) is 5.56 Å². The van der Waals surface area contributed by atoms with Crippen molar-refractivity contribution < 1.29 is 9.53 Å². The van der Waals surface area contributed by atoms with E-state index in [4.69, 9.17) is 4.74 Å². The van der Waals surface area contributed by atoms with Crippen molar-refractivity contribution >= 4 is 28.2 Å². The zero-order chi connectivity index (χ0) is 17.4. The highest BCUT2D eigenvalue weighted by atomic mass is 16.5. The van der Waals surface area contributed by atoms with Gasteiger partial charge in [0.1, 0.15) is 5.69 Å². The summed E-state index contributed by atoms with van der Waals surface area (Å²) in [6.07, 6.45) is 2.02. The highest BCUT2D eigenvalue weighted by molar-refractivity contribution is 5.95. The van der Waals surface area contributed by atoms with Gasteiger partial charge in [-0.15, -0.1) is 0 Å². The van der Waals surface area contributed by atoms with E-state index in [2.05, 4.69) is 16.0 Å². The molecule has 5 heteroatoms. The number of hydrogen-bond donors (Lipinski definition) is 1. The summed E-state index contributed by atoms with van der Waals surface area (Å²) in [6, 6.07) is 15.1. The molecular formula is C20H18N2O3. The van der Waals surface area contributed by atoms with Crippen molar-refractivity contribution in [2.24, 2.45) is 0 Å². The maximum atomic E-state index is 12.6. The molecule has 2 aromatic carbocycles. The second-order valence-electron chi connectivity index (χ2n) is 6.16. The van der Waals surface area contributed by atoms with E-state index in [0.717, 1.165) is 30.5 Å². The fourth-order valence-electron chi connectivity index (χ4n) is 3.42. The lowest BCUT2D eigenvalue weighted by molar-refractivity contribution is 0.0601. The number of nitrogens with zero attached hydrogens (tertiary/aromatic N) is 1. The molecule has 0 amide bonds. The van der Waals surface area contributed by atoms with Gasteiger partial charge < -0.3 is 14.6 Å². The number of carbonyl (C=O) groups is 1. The van der Waals surface area contributed by atoms with Gasteiger partial charge in [0.25, 0.3) is 5.56 Å². The molecule has 1 aromatic heterocycles. The number of rotatable bonds is 2. The quantitative estimate of drug-likeness (QED) is 0.730. The second kappa shape index (κ2) is 6.09. The molecule has 0 bridgehead atoms. The first-order chi connectivity index (χ1) is 12.2. The van der Waals surface area contributed by atoms with Crippen molar-refractivity contribution in [3.63, 3.8) is 0 Å². The number of benzene rings is 2. The highest BCUT2D eigenvalue weighted by Gasteiger charge is 2.20. The van der Waals surface area contributed by atoms with Crippen LogP contribution in [-0.4, -0.2) is 24.6 Å². The van der Waals surface area contributed by atoms with E-state index in [1.165, 1.54) is 12.7 Å². The van der Waals surface area contributed by atoms with Gasteiger partial charge in [-0.05, 0) is 48.7 Å². The number of H-pyrrole nitrogens is 1. The van der Waals surface area contributed by atoms with Crippen molar-refractivity contribution in [3.05, 3.63) is 70.0 Å². The molecule has 0 atom stereocenters. The third-order valence-corrected chi connectivity index (χ3v) is 4.65. The zero-order valence-electron chi connectivity index (χ0n) is 13.9. The number of anilines is 2. The maximum Gasteiger partial charge on any atom is 0.337 e. The number of aryl methyl sites for hydroxylation is 1. The molecule has 4 rings (SSSR count). The van der Waals surface area contributed by atoms with Gasteiger partial charge in [-0.2, -0.15) is 0 Å². The molecule has 25 heavy (non-hydrogen) atoms. The molecule has 0 saturated carbocycles. The average molecular weight is 334 g/mol. The van der Waals surface area contributed by atoms with E-state index in [9.17, 15) is 9.59 Å². The van der Waals surface area contributed by atoms with Crippen LogP contribution in [0.4, 0.5) is 11.4 Å². The van der Waals surface area contributed by atoms with E-state index < -0.39 is 5.97 Å². The largest absolute Gasteiger partial charge is 0.465 e. The number of hydrogen-bond acceptors (Lipinski definition) is 4. The third-order valence-electron chi connectivity index (χ3n) is 4.65. The minimum Gasteiger partial charge on any atom is -0.465 e. The molecule has 2 heterocycles. The number of fused-ring (bicyclic) bond motifs is 2. The summed E-state index contributed by atoms with van der Waals surface area (Å²) in [6.45, 7) is 0.794. The number of nitrogens with one attached hydrogen (secondary N) is 1. The number of methoxy groups -OCH3 is 1. The standard InChI is InChI=1S/C20H18N2O3/c1-25-20(24)14-8-9-16-15(11-14)12-18(19(23)21-16)22-10-4-6-13-5-2-3-7-17(13)22/h2-3,5,7-9,11-12H,4,6,10H2,1H3,(H,21,23). The van der Waals surface area contributed by atoms with E-state index >= 15 is 0 Å². The Hall–Kier alpha value is -3.08. The molecule has 0 spiro atoms. The number of para-hydroxylation sites is 1. The van der Waals surface area contributed by atoms with Crippen molar-refractivity contribution in [2.75, 3.05) is 18.6 Å². The molecule has 0 unspecified atom stereocenters. The minimum absolute atomic E-state index is 0.130. The molecule has 0 aliphatic carbocycles. The van der Waals surface area contributed by atoms with Gasteiger partial charge in [-0.25, -0.2) is 4.79 Å².